The van der Waals surface area contributed by atoms with Crippen molar-refractivity contribution in [2.24, 2.45) is 5.73 Å². The number of hydrogen-bond donors (Lipinski definition) is 2. The molecule has 0 aliphatic heterocycles. The van der Waals surface area contributed by atoms with Gasteiger partial charge in [-0.3, -0.25) is 5.41 Å². The maximum Gasteiger partial charge on any atom is 0.193 e. The monoisotopic (exact) mass is 246 g/mol. The van der Waals surface area contributed by atoms with Crippen molar-refractivity contribution in [2.75, 3.05) is 0 Å². The second kappa shape index (κ2) is 4.88. The first-order chi connectivity index (χ1) is 8.16. The molecule has 17 heavy (non-hydrogen) atoms. The van der Waals surface area contributed by atoms with Gasteiger partial charge in [-0.05, 0) is 24.2 Å². The van der Waals surface area contributed by atoms with Crippen LogP contribution in [0.4, 0.5) is 0 Å². The highest BCUT2D eigenvalue weighted by molar-refractivity contribution is 7.99. The van der Waals surface area contributed by atoms with Crippen molar-refractivity contribution >= 4 is 17.6 Å². The molecule has 0 aliphatic rings. The lowest BCUT2D eigenvalue weighted by Gasteiger charge is -2.03. The molecule has 0 radical (unpaired) electrons. The van der Waals surface area contributed by atoms with Crippen molar-refractivity contribution in [1.82, 2.24) is 19.9 Å². The van der Waals surface area contributed by atoms with E-state index < -0.39 is 0 Å². The number of aromatic nitrogens is 4. The Hall–Kier alpha value is -2.02. The predicted molar refractivity (Wildman–Crippen MR) is 63.9 cm³/mol. The lowest BCUT2D eigenvalue weighted by Crippen LogP contribution is -2.15. The molecule has 0 bridgehead atoms. The fourth-order valence-corrected chi connectivity index (χ4v) is 1.86. The SMILES string of the molecule is Cc1cnc(Sc2nccnc2C(=N)N)nc1. The van der Waals surface area contributed by atoms with Crippen LogP contribution >= 0.6 is 11.8 Å². The van der Waals surface area contributed by atoms with Gasteiger partial charge in [-0.25, -0.2) is 19.9 Å². The Balaban J connectivity index is 2.30. The Morgan fingerprint density at radius 1 is 1.18 bits per heavy atom. The number of rotatable bonds is 3. The van der Waals surface area contributed by atoms with Crippen LogP contribution in [0.5, 0.6) is 0 Å². The standard InChI is InChI=1S/C10H10N6S/c1-6-4-15-10(16-5-6)17-9-7(8(11)12)13-2-3-14-9/h2-5H,1H3,(H3,11,12). The maximum absolute atomic E-state index is 7.40. The first-order valence-electron chi connectivity index (χ1n) is 4.78. The number of nitrogens with one attached hydrogen (secondary N) is 1. The van der Waals surface area contributed by atoms with E-state index in [1.807, 2.05) is 6.92 Å². The summed E-state index contributed by atoms with van der Waals surface area (Å²) in [5, 5.41) is 8.48. The molecule has 0 amide bonds. The van der Waals surface area contributed by atoms with Gasteiger partial charge in [-0.2, -0.15) is 0 Å². The van der Waals surface area contributed by atoms with E-state index in [4.69, 9.17) is 11.1 Å². The van der Waals surface area contributed by atoms with Crippen LogP contribution in [-0.2, 0) is 0 Å². The van der Waals surface area contributed by atoms with Crippen molar-refractivity contribution in [3.05, 3.63) is 36.0 Å². The highest BCUT2D eigenvalue weighted by atomic mass is 32.2. The third-order valence-corrected chi connectivity index (χ3v) is 2.75. The number of hydrogen-bond acceptors (Lipinski definition) is 6. The van der Waals surface area contributed by atoms with Crippen LogP contribution in [-0.4, -0.2) is 25.8 Å². The lowest BCUT2D eigenvalue weighted by molar-refractivity contribution is 0.938. The van der Waals surface area contributed by atoms with E-state index in [9.17, 15) is 0 Å². The van der Waals surface area contributed by atoms with Crippen molar-refractivity contribution in [2.45, 2.75) is 17.1 Å². The van der Waals surface area contributed by atoms with Gasteiger partial charge in [0.1, 0.15) is 16.6 Å². The summed E-state index contributed by atoms with van der Waals surface area (Å²) >= 11 is 1.23. The summed E-state index contributed by atoms with van der Waals surface area (Å²) < 4.78 is 0. The van der Waals surface area contributed by atoms with E-state index >= 15 is 0 Å². The molecule has 0 saturated heterocycles. The minimum atomic E-state index is -0.118. The van der Waals surface area contributed by atoms with Gasteiger partial charge in [0.15, 0.2) is 5.16 Å². The Labute approximate surface area is 102 Å². The predicted octanol–water partition coefficient (Wildman–Crippen LogP) is 1.01. The van der Waals surface area contributed by atoms with Gasteiger partial charge in [0, 0.05) is 24.8 Å². The minimum Gasteiger partial charge on any atom is -0.382 e. The number of nitrogens with zero attached hydrogens (tertiary/aromatic N) is 4. The first kappa shape index (κ1) is 11.5. The average Bonchev–Trinajstić information content (AvgIpc) is 2.32. The molecule has 0 fully saturated rings. The molecule has 2 rings (SSSR count). The zero-order valence-corrected chi connectivity index (χ0v) is 9.90. The van der Waals surface area contributed by atoms with Crippen LogP contribution in [0.15, 0.2) is 35.0 Å². The van der Waals surface area contributed by atoms with Crippen LogP contribution in [0.1, 0.15) is 11.3 Å². The van der Waals surface area contributed by atoms with Crippen LogP contribution in [0.2, 0.25) is 0 Å². The number of nitrogen functional groups attached to an aromatic ring is 1. The quantitative estimate of drug-likeness (QED) is 0.476. The highest BCUT2D eigenvalue weighted by Gasteiger charge is 2.10. The Kier molecular flexibility index (Phi) is 3.29. The molecule has 0 aliphatic carbocycles. The summed E-state index contributed by atoms with van der Waals surface area (Å²) in [7, 11) is 0. The van der Waals surface area contributed by atoms with Gasteiger partial charge in [0.2, 0.25) is 0 Å². The molecule has 6 nitrogen and oxygen atoms in total. The second-order valence-electron chi connectivity index (χ2n) is 3.27. The molecule has 0 aromatic carbocycles. The van der Waals surface area contributed by atoms with Gasteiger partial charge < -0.3 is 5.73 Å². The third-order valence-electron chi connectivity index (χ3n) is 1.86. The van der Waals surface area contributed by atoms with E-state index in [-0.39, 0.29) is 5.84 Å². The second-order valence-corrected chi connectivity index (χ2v) is 4.22. The van der Waals surface area contributed by atoms with E-state index in [1.54, 1.807) is 18.6 Å². The number of nitrogens with two attached hydrogens (primary N) is 1. The Morgan fingerprint density at radius 2 is 1.82 bits per heavy atom. The van der Waals surface area contributed by atoms with Gasteiger partial charge >= 0.3 is 0 Å². The largest absolute Gasteiger partial charge is 0.382 e. The molecule has 7 heteroatoms. The van der Waals surface area contributed by atoms with E-state index in [0.717, 1.165) is 5.56 Å². The molecule has 0 saturated carbocycles. The van der Waals surface area contributed by atoms with Gasteiger partial charge in [0.25, 0.3) is 0 Å². The minimum absolute atomic E-state index is 0.118. The van der Waals surface area contributed by atoms with E-state index in [0.29, 0.717) is 15.9 Å². The van der Waals surface area contributed by atoms with Crippen LogP contribution in [0, 0.1) is 12.3 Å². The molecule has 2 aromatic rings. The highest BCUT2D eigenvalue weighted by Crippen LogP contribution is 2.23. The van der Waals surface area contributed by atoms with Gasteiger partial charge in [-0.15, -0.1) is 0 Å². The average molecular weight is 246 g/mol. The smallest absolute Gasteiger partial charge is 0.193 e. The summed E-state index contributed by atoms with van der Waals surface area (Å²) in [5.74, 6) is -0.118. The summed E-state index contributed by atoms with van der Waals surface area (Å²) in [5.41, 5.74) is 6.75. The number of amidine groups is 1. The number of aryl methyl sites for hydroxylation is 1. The molecule has 2 heterocycles. The molecule has 0 atom stereocenters. The Bertz CT molecular complexity index is 539. The molecule has 0 unspecified atom stereocenters. The van der Waals surface area contributed by atoms with Crippen LogP contribution in [0.3, 0.4) is 0 Å². The fourth-order valence-electron chi connectivity index (χ4n) is 1.10. The van der Waals surface area contributed by atoms with Crippen LogP contribution < -0.4 is 5.73 Å². The summed E-state index contributed by atoms with van der Waals surface area (Å²) in [4.78, 5) is 16.4. The zero-order chi connectivity index (χ0) is 12.3. The first-order valence-corrected chi connectivity index (χ1v) is 5.60. The molecule has 3 N–H and O–H groups in total. The van der Waals surface area contributed by atoms with Crippen molar-refractivity contribution in [1.29, 1.82) is 5.41 Å². The summed E-state index contributed by atoms with van der Waals surface area (Å²) in [6, 6.07) is 0. The lowest BCUT2D eigenvalue weighted by atomic mass is 10.4. The topological polar surface area (TPSA) is 101 Å². The fraction of sp³-hybridized carbons (Fsp3) is 0.100. The molecule has 0 spiro atoms. The van der Waals surface area contributed by atoms with Crippen molar-refractivity contribution in [3.63, 3.8) is 0 Å². The zero-order valence-electron chi connectivity index (χ0n) is 9.08. The normalized spacial score (nSPS) is 10.2. The third kappa shape index (κ3) is 2.76. The van der Waals surface area contributed by atoms with Gasteiger partial charge in [0.05, 0.1) is 0 Å². The summed E-state index contributed by atoms with van der Waals surface area (Å²) in [6.45, 7) is 1.91. The van der Waals surface area contributed by atoms with Crippen molar-refractivity contribution < 1.29 is 0 Å². The van der Waals surface area contributed by atoms with Crippen LogP contribution in [0.25, 0.3) is 0 Å². The van der Waals surface area contributed by atoms with E-state index in [1.165, 1.54) is 18.0 Å². The van der Waals surface area contributed by atoms with Crippen molar-refractivity contribution in [3.8, 4) is 0 Å². The van der Waals surface area contributed by atoms with E-state index in [2.05, 4.69) is 19.9 Å². The Morgan fingerprint density at radius 3 is 2.47 bits per heavy atom. The summed E-state index contributed by atoms with van der Waals surface area (Å²) in [6.07, 6.45) is 6.48. The maximum atomic E-state index is 7.40. The van der Waals surface area contributed by atoms with Gasteiger partial charge in [-0.1, -0.05) is 0 Å². The molecular weight excluding hydrogens is 236 g/mol. The molecular formula is C10H10N6S. The molecule has 2 aromatic heterocycles. The molecule has 86 valence electrons.